The van der Waals surface area contributed by atoms with E-state index in [1.54, 1.807) is 6.07 Å². The van der Waals surface area contributed by atoms with Crippen LogP contribution in [0.3, 0.4) is 0 Å². The molecule has 1 atom stereocenters. The fourth-order valence-corrected chi connectivity index (χ4v) is 4.07. The minimum absolute atomic E-state index is 0.105. The molecule has 4 rings (SSSR count). The summed E-state index contributed by atoms with van der Waals surface area (Å²) >= 11 is 0. The van der Waals surface area contributed by atoms with E-state index in [0.29, 0.717) is 42.4 Å². The van der Waals surface area contributed by atoms with Crippen LogP contribution in [0.5, 0.6) is 0 Å². The first kappa shape index (κ1) is 21.8. The summed E-state index contributed by atoms with van der Waals surface area (Å²) in [6, 6.07) is 11.4. The second kappa shape index (κ2) is 9.40. The fraction of sp³-hybridized carbons (Fsp3) is 0.375. The van der Waals surface area contributed by atoms with Crippen molar-refractivity contribution >= 4 is 11.8 Å². The molecule has 8 heteroatoms. The molecule has 8 nitrogen and oxygen atoms in total. The zero-order valence-corrected chi connectivity index (χ0v) is 18.6. The highest BCUT2D eigenvalue weighted by molar-refractivity contribution is 6.00. The van der Waals surface area contributed by atoms with Gasteiger partial charge in [0.1, 0.15) is 11.5 Å². The van der Waals surface area contributed by atoms with Gasteiger partial charge in [0.15, 0.2) is 0 Å². The molecule has 0 fully saturated rings. The van der Waals surface area contributed by atoms with Crippen LogP contribution in [-0.2, 0) is 24.4 Å². The summed E-state index contributed by atoms with van der Waals surface area (Å²) in [5.74, 6) is 0.221. The molecule has 1 unspecified atom stereocenters. The average molecular weight is 437 g/mol. The third-order valence-corrected chi connectivity index (χ3v) is 5.91. The maximum absolute atomic E-state index is 13.2. The van der Waals surface area contributed by atoms with Crippen LogP contribution in [-0.4, -0.2) is 28.1 Å². The smallest absolute Gasteiger partial charge is 0.268 e. The molecule has 1 aromatic carbocycles. The molecular formula is C24H28N4O4. The highest BCUT2D eigenvalue weighted by Gasteiger charge is 2.27. The van der Waals surface area contributed by atoms with Crippen LogP contribution in [0, 0.1) is 13.8 Å². The molecule has 32 heavy (non-hydrogen) atoms. The molecule has 0 spiro atoms. The number of carbonyl (C=O) groups is 2. The van der Waals surface area contributed by atoms with Crippen molar-refractivity contribution in [2.45, 2.75) is 52.9 Å². The maximum Gasteiger partial charge on any atom is 0.268 e. The van der Waals surface area contributed by atoms with Crippen molar-refractivity contribution in [1.29, 1.82) is 0 Å². The molecule has 0 saturated heterocycles. The lowest BCUT2D eigenvalue weighted by molar-refractivity contribution is 0.0775. The van der Waals surface area contributed by atoms with Gasteiger partial charge in [-0.15, -0.1) is 0 Å². The number of fused-ring (bicyclic) bond motifs is 1. The molecule has 3 heterocycles. The third kappa shape index (κ3) is 4.31. The molecule has 3 aromatic rings. The van der Waals surface area contributed by atoms with E-state index in [0.717, 1.165) is 23.2 Å². The number of hydrogen-bond donors (Lipinski definition) is 2. The molecule has 2 amide bonds. The van der Waals surface area contributed by atoms with Crippen molar-refractivity contribution in [2.75, 3.05) is 6.61 Å². The van der Waals surface area contributed by atoms with Gasteiger partial charge in [-0.25, -0.2) is 0 Å². The van der Waals surface area contributed by atoms with Gasteiger partial charge in [0.25, 0.3) is 11.8 Å². The van der Waals surface area contributed by atoms with E-state index < -0.39 is 0 Å². The Kier molecular flexibility index (Phi) is 6.41. The van der Waals surface area contributed by atoms with E-state index in [1.807, 2.05) is 55.7 Å². The second-order valence-corrected chi connectivity index (χ2v) is 7.92. The Morgan fingerprint density at radius 2 is 1.97 bits per heavy atom. The quantitative estimate of drug-likeness (QED) is 0.591. The number of aryl methyl sites for hydroxylation is 2. The number of rotatable bonds is 7. The van der Waals surface area contributed by atoms with Crippen LogP contribution in [0.4, 0.5) is 0 Å². The Morgan fingerprint density at radius 1 is 1.19 bits per heavy atom. The third-order valence-electron chi connectivity index (χ3n) is 5.91. The molecule has 0 radical (unpaired) electrons. The average Bonchev–Trinajstić information content (AvgIpc) is 3.36. The topological polar surface area (TPSA) is 98.4 Å². The lowest BCUT2D eigenvalue weighted by Crippen LogP contribution is -2.31. The van der Waals surface area contributed by atoms with Crippen molar-refractivity contribution < 1.29 is 18.8 Å². The summed E-state index contributed by atoms with van der Waals surface area (Å²) in [4.78, 5) is 26.2. The van der Waals surface area contributed by atoms with Crippen LogP contribution >= 0.6 is 0 Å². The largest absolute Gasteiger partial charge is 0.373 e. The predicted octanol–water partition coefficient (Wildman–Crippen LogP) is 3.43. The highest BCUT2D eigenvalue weighted by atomic mass is 16.5. The number of ether oxygens (including phenoxy) is 1. The molecule has 2 aromatic heterocycles. The lowest BCUT2D eigenvalue weighted by Gasteiger charge is -2.21. The summed E-state index contributed by atoms with van der Waals surface area (Å²) in [7, 11) is 0. The van der Waals surface area contributed by atoms with Gasteiger partial charge in [-0.1, -0.05) is 42.4 Å². The number of benzene rings is 1. The number of hydrogen-bond acceptors (Lipinski definition) is 5. The van der Waals surface area contributed by atoms with Gasteiger partial charge in [0.05, 0.1) is 36.2 Å². The first-order valence-corrected chi connectivity index (χ1v) is 10.9. The molecule has 0 bridgehead atoms. The molecule has 1 aliphatic rings. The van der Waals surface area contributed by atoms with Gasteiger partial charge < -0.3 is 24.5 Å². The maximum atomic E-state index is 13.2. The first-order valence-electron chi connectivity index (χ1n) is 10.9. The van der Waals surface area contributed by atoms with Gasteiger partial charge in [0, 0.05) is 18.7 Å². The van der Waals surface area contributed by atoms with E-state index in [4.69, 9.17) is 9.26 Å². The molecule has 1 aliphatic heterocycles. The van der Waals surface area contributed by atoms with Crippen LogP contribution < -0.4 is 10.6 Å². The molecular weight excluding hydrogens is 408 g/mol. The van der Waals surface area contributed by atoms with Crippen LogP contribution in [0.15, 0.2) is 40.9 Å². The number of amides is 2. The zero-order valence-electron chi connectivity index (χ0n) is 18.6. The van der Waals surface area contributed by atoms with E-state index in [-0.39, 0.29) is 24.5 Å². The highest BCUT2D eigenvalue weighted by Crippen LogP contribution is 2.23. The van der Waals surface area contributed by atoms with Crippen LogP contribution in [0.1, 0.15) is 68.5 Å². The summed E-state index contributed by atoms with van der Waals surface area (Å²) in [6.45, 7) is 7.30. The predicted molar refractivity (Wildman–Crippen MR) is 118 cm³/mol. The Labute approximate surface area is 186 Å². The zero-order chi connectivity index (χ0) is 22.7. The first-order chi connectivity index (χ1) is 15.5. The monoisotopic (exact) mass is 436 g/mol. The fourth-order valence-electron chi connectivity index (χ4n) is 4.07. The summed E-state index contributed by atoms with van der Waals surface area (Å²) in [5, 5.41) is 9.96. The van der Waals surface area contributed by atoms with Gasteiger partial charge in [-0.05, 0) is 31.9 Å². The summed E-state index contributed by atoms with van der Waals surface area (Å²) in [5.41, 5.74) is 4.29. The second-order valence-electron chi connectivity index (χ2n) is 7.92. The Hall–Kier alpha value is -3.39. The summed E-state index contributed by atoms with van der Waals surface area (Å²) in [6.07, 6.45) is 0.761. The van der Waals surface area contributed by atoms with E-state index in [9.17, 15) is 9.59 Å². The molecule has 0 saturated carbocycles. The van der Waals surface area contributed by atoms with Crippen molar-refractivity contribution in [3.05, 3.63) is 75.9 Å². The van der Waals surface area contributed by atoms with E-state index in [1.165, 1.54) is 0 Å². The number of nitrogens with zero attached hydrogens (tertiary/aromatic N) is 2. The van der Waals surface area contributed by atoms with Crippen LogP contribution in [0.25, 0.3) is 0 Å². The number of nitrogens with one attached hydrogen (secondary N) is 2. The van der Waals surface area contributed by atoms with Gasteiger partial charge in [-0.2, -0.15) is 0 Å². The van der Waals surface area contributed by atoms with Gasteiger partial charge >= 0.3 is 0 Å². The van der Waals surface area contributed by atoms with Crippen molar-refractivity contribution in [2.24, 2.45) is 0 Å². The standard InChI is InChI=1S/C24H28N4O4/c1-4-20(17-8-6-5-7-9-17)26-24(30)21-12-18(22-14-31-11-10-28(21)22)23(29)25-13-19-15(2)27-32-16(19)3/h5-9,12,20H,4,10-11,13-14H2,1-3H3,(H,25,29)(H,26,30). The Bertz CT molecular complexity index is 1100. The normalized spacial score (nSPS) is 14.0. The molecule has 2 N–H and O–H groups in total. The molecule has 0 aliphatic carbocycles. The van der Waals surface area contributed by atoms with Gasteiger partial charge in [0.2, 0.25) is 0 Å². The number of carbonyl (C=O) groups excluding carboxylic acids is 2. The summed E-state index contributed by atoms with van der Waals surface area (Å²) < 4.78 is 12.6. The Morgan fingerprint density at radius 3 is 2.66 bits per heavy atom. The van der Waals surface area contributed by atoms with Crippen molar-refractivity contribution in [3.8, 4) is 0 Å². The Balaban J connectivity index is 1.56. The molecule has 168 valence electrons. The van der Waals surface area contributed by atoms with Gasteiger partial charge in [-0.3, -0.25) is 9.59 Å². The number of aromatic nitrogens is 2. The minimum Gasteiger partial charge on any atom is -0.373 e. The minimum atomic E-state index is -0.256. The van der Waals surface area contributed by atoms with Crippen molar-refractivity contribution in [3.63, 3.8) is 0 Å². The van der Waals surface area contributed by atoms with Crippen molar-refractivity contribution in [1.82, 2.24) is 20.4 Å². The lowest BCUT2D eigenvalue weighted by atomic mass is 10.0. The van der Waals surface area contributed by atoms with Crippen LogP contribution in [0.2, 0.25) is 0 Å². The SMILES string of the molecule is CCC(NC(=O)c1cc(C(=O)NCc2c(C)noc2C)c2n1CCOC2)c1ccccc1. The van der Waals surface area contributed by atoms with E-state index in [2.05, 4.69) is 15.8 Å². The van der Waals surface area contributed by atoms with E-state index >= 15 is 0 Å².